The fourth-order valence-corrected chi connectivity index (χ4v) is 4.27. The Hall–Kier alpha value is -2.32. The van der Waals surface area contributed by atoms with E-state index in [9.17, 15) is 18.0 Å². The van der Waals surface area contributed by atoms with Gasteiger partial charge in [-0.15, -0.1) is 0 Å². The van der Waals surface area contributed by atoms with Crippen LogP contribution in [0.15, 0.2) is 48.5 Å². The minimum Gasteiger partial charge on any atom is -0.354 e. The number of benzene rings is 2. The first kappa shape index (κ1) is 23.0. The van der Waals surface area contributed by atoms with Crippen molar-refractivity contribution in [2.45, 2.75) is 19.6 Å². The smallest absolute Gasteiger partial charge is 0.240 e. The number of hydrogen-bond donors (Lipinski definition) is 1. The molecule has 2 aromatic carbocycles. The second kappa shape index (κ2) is 10.5. The number of nitrogens with zero attached hydrogens (tertiary/aromatic N) is 1. The van der Waals surface area contributed by atoms with E-state index in [0.717, 1.165) is 22.1 Å². The van der Waals surface area contributed by atoms with E-state index in [1.54, 1.807) is 30.0 Å². The minimum absolute atomic E-state index is 0.171. The van der Waals surface area contributed by atoms with Gasteiger partial charge in [-0.2, -0.15) is 11.8 Å². The van der Waals surface area contributed by atoms with Crippen LogP contribution in [0.3, 0.4) is 0 Å². The second-order valence-electron chi connectivity index (χ2n) is 6.76. The van der Waals surface area contributed by atoms with Crippen molar-refractivity contribution in [2.75, 3.05) is 29.4 Å². The van der Waals surface area contributed by atoms with Crippen molar-refractivity contribution in [1.29, 1.82) is 0 Å². The molecule has 0 bridgehead atoms. The number of thioether (sulfide) groups is 1. The highest BCUT2D eigenvalue weighted by Gasteiger charge is 2.21. The molecule has 0 aliphatic rings. The normalized spacial score (nSPS) is 11.1. The maximum atomic E-state index is 12.3. The highest BCUT2D eigenvalue weighted by Crippen LogP contribution is 2.19. The number of ketones is 1. The fraction of sp³-hybridized carbons (Fsp3) is 0.333. The summed E-state index contributed by atoms with van der Waals surface area (Å²) in [6.07, 6.45) is 1.04. The van der Waals surface area contributed by atoms with Gasteiger partial charge in [-0.05, 0) is 31.5 Å². The Morgan fingerprint density at radius 3 is 2.41 bits per heavy atom. The number of anilines is 1. The van der Waals surface area contributed by atoms with Crippen molar-refractivity contribution in [3.05, 3.63) is 65.2 Å². The highest BCUT2D eigenvalue weighted by molar-refractivity contribution is 7.98. The Kier molecular flexibility index (Phi) is 8.28. The lowest BCUT2D eigenvalue weighted by atomic mass is 10.1. The first-order valence-corrected chi connectivity index (χ1v) is 12.2. The average Bonchev–Trinajstić information content (AvgIpc) is 2.66. The van der Waals surface area contributed by atoms with Crippen LogP contribution in [-0.2, 0) is 20.6 Å². The van der Waals surface area contributed by atoms with Crippen molar-refractivity contribution < 1.29 is 18.0 Å². The number of nitrogens with one attached hydrogen (secondary N) is 1. The van der Waals surface area contributed by atoms with Crippen LogP contribution in [0.25, 0.3) is 0 Å². The molecule has 0 fully saturated rings. The Morgan fingerprint density at radius 1 is 1.10 bits per heavy atom. The van der Waals surface area contributed by atoms with Crippen molar-refractivity contribution in [1.82, 2.24) is 5.32 Å². The summed E-state index contributed by atoms with van der Waals surface area (Å²) >= 11 is 1.70. The zero-order valence-electron chi connectivity index (χ0n) is 16.8. The van der Waals surface area contributed by atoms with Crippen molar-refractivity contribution >= 4 is 39.2 Å². The largest absolute Gasteiger partial charge is 0.354 e. The van der Waals surface area contributed by atoms with E-state index in [0.29, 0.717) is 17.8 Å². The monoisotopic (exact) mass is 434 g/mol. The van der Waals surface area contributed by atoms with E-state index in [-0.39, 0.29) is 18.2 Å². The molecule has 0 aliphatic carbocycles. The standard InChI is InChI=1S/C21H26N2O4S2/c1-16-7-9-18(10-8-16)15-28-12-11-22-21(25)14-23(29(3,26)27)20-6-4-5-19(13-20)17(2)24/h4-10,13H,11-12,14-15H2,1-3H3,(H,22,25). The molecule has 0 saturated heterocycles. The third-order valence-corrected chi connectivity index (χ3v) is 6.36. The number of rotatable bonds is 10. The number of aryl methyl sites for hydroxylation is 1. The van der Waals surface area contributed by atoms with Gasteiger partial charge in [0.1, 0.15) is 6.54 Å². The summed E-state index contributed by atoms with van der Waals surface area (Å²) in [5, 5.41) is 2.75. The van der Waals surface area contributed by atoms with Crippen LogP contribution in [-0.4, -0.2) is 45.2 Å². The van der Waals surface area contributed by atoms with E-state index >= 15 is 0 Å². The Morgan fingerprint density at radius 2 is 1.79 bits per heavy atom. The maximum Gasteiger partial charge on any atom is 0.240 e. The van der Waals surface area contributed by atoms with E-state index in [1.807, 2.05) is 6.92 Å². The molecule has 0 saturated carbocycles. The van der Waals surface area contributed by atoms with Crippen molar-refractivity contribution in [3.8, 4) is 0 Å². The van der Waals surface area contributed by atoms with Crippen molar-refractivity contribution in [3.63, 3.8) is 0 Å². The first-order chi connectivity index (χ1) is 13.7. The molecule has 156 valence electrons. The first-order valence-electron chi connectivity index (χ1n) is 9.15. The van der Waals surface area contributed by atoms with Gasteiger partial charge in [-0.1, -0.05) is 42.0 Å². The number of Topliss-reactive ketones (excluding diaryl/α,β-unsaturated/α-hetero) is 1. The summed E-state index contributed by atoms with van der Waals surface area (Å²) in [7, 11) is -3.67. The molecule has 2 aromatic rings. The fourth-order valence-electron chi connectivity index (χ4n) is 2.60. The van der Waals surface area contributed by atoms with Gasteiger partial charge in [0.05, 0.1) is 11.9 Å². The molecule has 0 aliphatic heterocycles. The molecule has 0 spiro atoms. The zero-order valence-corrected chi connectivity index (χ0v) is 18.5. The lowest BCUT2D eigenvalue weighted by Crippen LogP contribution is -2.41. The molecule has 1 amide bonds. The summed E-state index contributed by atoms with van der Waals surface area (Å²) in [4.78, 5) is 23.8. The van der Waals surface area contributed by atoms with Crippen LogP contribution in [0.2, 0.25) is 0 Å². The van der Waals surface area contributed by atoms with Crippen molar-refractivity contribution in [2.24, 2.45) is 0 Å². The molecule has 29 heavy (non-hydrogen) atoms. The van der Waals surface area contributed by atoms with E-state index in [1.165, 1.54) is 24.1 Å². The lowest BCUT2D eigenvalue weighted by molar-refractivity contribution is -0.119. The summed E-state index contributed by atoms with van der Waals surface area (Å²) < 4.78 is 25.3. The second-order valence-corrected chi connectivity index (χ2v) is 9.78. The summed E-state index contributed by atoms with van der Waals surface area (Å²) in [5.41, 5.74) is 3.13. The van der Waals surface area contributed by atoms with Crippen LogP contribution in [0, 0.1) is 6.92 Å². The minimum atomic E-state index is -3.67. The van der Waals surface area contributed by atoms with Gasteiger partial charge in [0, 0.05) is 23.6 Å². The van der Waals surface area contributed by atoms with E-state index in [2.05, 4.69) is 29.6 Å². The predicted molar refractivity (Wildman–Crippen MR) is 119 cm³/mol. The van der Waals surface area contributed by atoms with Crippen LogP contribution >= 0.6 is 11.8 Å². The van der Waals surface area contributed by atoms with Gasteiger partial charge in [-0.25, -0.2) is 8.42 Å². The number of amides is 1. The van der Waals surface area contributed by atoms with Crippen LogP contribution in [0.4, 0.5) is 5.69 Å². The number of sulfonamides is 1. The van der Waals surface area contributed by atoms with Crippen LogP contribution in [0.5, 0.6) is 0 Å². The number of carbonyl (C=O) groups excluding carboxylic acids is 2. The summed E-state index contributed by atoms with van der Waals surface area (Å²) in [5.74, 6) is 1.01. The molecule has 0 unspecified atom stereocenters. The van der Waals surface area contributed by atoms with Gasteiger partial charge in [0.15, 0.2) is 5.78 Å². The van der Waals surface area contributed by atoms with Gasteiger partial charge in [-0.3, -0.25) is 13.9 Å². The van der Waals surface area contributed by atoms with Crippen LogP contribution in [0.1, 0.15) is 28.4 Å². The molecule has 6 nitrogen and oxygen atoms in total. The molecule has 0 aromatic heterocycles. The summed E-state index contributed by atoms with van der Waals surface area (Å²) in [6, 6.07) is 14.6. The Balaban J connectivity index is 1.88. The molecule has 8 heteroatoms. The molecular weight excluding hydrogens is 408 g/mol. The topological polar surface area (TPSA) is 83.6 Å². The third kappa shape index (κ3) is 7.55. The SMILES string of the molecule is CC(=O)c1cccc(N(CC(=O)NCCSCc2ccc(C)cc2)S(C)(=O)=O)c1. The van der Waals surface area contributed by atoms with Gasteiger partial charge in [0.25, 0.3) is 0 Å². The Bertz CT molecular complexity index is 957. The Labute approximate surface area is 176 Å². The van der Waals surface area contributed by atoms with Gasteiger partial charge in [0.2, 0.25) is 15.9 Å². The molecule has 1 N–H and O–H groups in total. The highest BCUT2D eigenvalue weighted by atomic mass is 32.2. The molecule has 0 radical (unpaired) electrons. The van der Waals surface area contributed by atoms with Gasteiger partial charge < -0.3 is 5.32 Å². The molecular formula is C21H26N2O4S2. The quantitative estimate of drug-likeness (QED) is 0.459. The predicted octanol–water partition coefficient (Wildman–Crippen LogP) is 3.01. The molecule has 0 atom stereocenters. The zero-order chi connectivity index (χ0) is 21.4. The van der Waals surface area contributed by atoms with Crippen LogP contribution < -0.4 is 9.62 Å². The maximum absolute atomic E-state index is 12.3. The lowest BCUT2D eigenvalue weighted by Gasteiger charge is -2.22. The number of carbonyl (C=O) groups is 2. The van der Waals surface area contributed by atoms with Gasteiger partial charge >= 0.3 is 0 Å². The molecule has 2 rings (SSSR count). The summed E-state index contributed by atoms with van der Waals surface area (Å²) in [6.45, 7) is 3.57. The average molecular weight is 435 g/mol. The number of hydrogen-bond acceptors (Lipinski definition) is 5. The van der Waals surface area contributed by atoms with E-state index in [4.69, 9.17) is 0 Å². The molecule has 0 heterocycles. The third-order valence-electron chi connectivity index (χ3n) is 4.19. The van der Waals surface area contributed by atoms with E-state index < -0.39 is 10.0 Å².